The van der Waals surface area contributed by atoms with Crippen LogP contribution >= 0.6 is 11.6 Å². The van der Waals surface area contributed by atoms with Gasteiger partial charge in [0.2, 0.25) is 0 Å². The first-order valence-electron chi connectivity index (χ1n) is 5.48. The predicted molar refractivity (Wildman–Crippen MR) is 66.4 cm³/mol. The average molecular weight is 251 g/mol. The minimum absolute atomic E-state index is 0.274. The summed E-state index contributed by atoms with van der Waals surface area (Å²) in [6, 6.07) is 7.84. The molecule has 2 rings (SSSR count). The van der Waals surface area contributed by atoms with Gasteiger partial charge in [0.25, 0.3) is 0 Å². The zero-order valence-corrected chi connectivity index (χ0v) is 10.2. The predicted octanol–water partition coefficient (Wildman–Crippen LogP) is 3.89. The zero-order chi connectivity index (χ0) is 12.3. The molecule has 1 heterocycles. The fraction of sp³-hybridized carbons (Fsp3) is 0.231. The van der Waals surface area contributed by atoms with Crippen LogP contribution in [0.1, 0.15) is 19.0 Å². The van der Waals surface area contributed by atoms with Gasteiger partial charge in [0.15, 0.2) is 5.82 Å². The summed E-state index contributed by atoms with van der Waals surface area (Å²) < 4.78 is 12.8. The molecule has 2 aromatic rings. The van der Waals surface area contributed by atoms with Crippen LogP contribution < -0.4 is 0 Å². The van der Waals surface area contributed by atoms with Crippen molar-refractivity contribution >= 4 is 11.6 Å². The van der Waals surface area contributed by atoms with E-state index < -0.39 is 0 Å². The summed E-state index contributed by atoms with van der Waals surface area (Å²) in [5.74, 6) is 0.269. The number of rotatable bonds is 3. The van der Waals surface area contributed by atoms with Gasteiger partial charge in [-0.15, -0.1) is 0 Å². The monoisotopic (exact) mass is 250 g/mol. The lowest BCUT2D eigenvalue weighted by atomic mass is 10.2. The molecule has 17 heavy (non-hydrogen) atoms. The molecule has 4 heteroatoms. The van der Waals surface area contributed by atoms with Crippen molar-refractivity contribution in [2.45, 2.75) is 19.8 Å². The van der Waals surface area contributed by atoms with Crippen LogP contribution in [0.3, 0.4) is 0 Å². The molecule has 0 aliphatic rings. The molecule has 1 aromatic heterocycles. The maximum Gasteiger partial charge on any atom is 0.161 e. The summed E-state index contributed by atoms with van der Waals surface area (Å²) in [4.78, 5) is 8.55. The molecule has 0 radical (unpaired) electrons. The van der Waals surface area contributed by atoms with E-state index in [1.54, 1.807) is 18.2 Å². The maximum atomic E-state index is 12.8. The Hall–Kier alpha value is -1.48. The molecule has 0 amide bonds. The van der Waals surface area contributed by atoms with Crippen molar-refractivity contribution in [1.82, 2.24) is 9.97 Å². The second-order valence-corrected chi connectivity index (χ2v) is 4.15. The summed E-state index contributed by atoms with van der Waals surface area (Å²) in [7, 11) is 0. The molecule has 0 atom stereocenters. The van der Waals surface area contributed by atoms with E-state index in [0.717, 1.165) is 24.1 Å². The number of aryl methyl sites for hydroxylation is 1. The van der Waals surface area contributed by atoms with Gasteiger partial charge >= 0.3 is 0 Å². The SMILES string of the molecule is CCCc1cc(Cl)nc(-c2ccc(F)cc2)n1. The highest BCUT2D eigenvalue weighted by Crippen LogP contribution is 2.19. The van der Waals surface area contributed by atoms with E-state index in [9.17, 15) is 4.39 Å². The third-order valence-corrected chi connectivity index (χ3v) is 2.55. The standard InChI is InChI=1S/C13H12ClFN2/c1-2-3-11-8-12(14)17-13(16-11)9-4-6-10(15)7-5-9/h4-8H,2-3H2,1H3. The lowest BCUT2D eigenvalue weighted by Crippen LogP contribution is -1.96. The van der Waals surface area contributed by atoms with E-state index in [2.05, 4.69) is 16.9 Å². The Morgan fingerprint density at radius 3 is 2.53 bits per heavy atom. The van der Waals surface area contributed by atoms with Gasteiger partial charge in [-0.2, -0.15) is 0 Å². The minimum atomic E-state index is -0.274. The van der Waals surface area contributed by atoms with Crippen molar-refractivity contribution in [2.24, 2.45) is 0 Å². The van der Waals surface area contributed by atoms with Crippen molar-refractivity contribution in [3.05, 3.63) is 47.0 Å². The third kappa shape index (κ3) is 3.01. The van der Waals surface area contributed by atoms with Gasteiger partial charge in [-0.3, -0.25) is 0 Å². The average Bonchev–Trinajstić information content (AvgIpc) is 2.29. The fourth-order valence-electron chi connectivity index (χ4n) is 1.58. The molecule has 0 saturated carbocycles. The molecule has 0 N–H and O–H groups in total. The Morgan fingerprint density at radius 1 is 1.18 bits per heavy atom. The van der Waals surface area contributed by atoms with Crippen molar-refractivity contribution in [3.63, 3.8) is 0 Å². The van der Waals surface area contributed by atoms with Gasteiger partial charge in [0.1, 0.15) is 11.0 Å². The van der Waals surface area contributed by atoms with Crippen LogP contribution in [-0.4, -0.2) is 9.97 Å². The van der Waals surface area contributed by atoms with Crippen LogP contribution in [0.2, 0.25) is 5.15 Å². The third-order valence-electron chi connectivity index (χ3n) is 2.36. The smallest absolute Gasteiger partial charge is 0.161 e. The molecule has 0 unspecified atom stereocenters. The van der Waals surface area contributed by atoms with Crippen LogP contribution in [0.25, 0.3) is 11.4 Å². The molecule has 0 bridgehead atoms. The van der Waals surface area contributed by atoms with E-state index in [4.69, 9.17) is 11.6 Å². The largest absolute Gasteiger partial charge is 0.233 e. The van der Waals surface area contributed by atoms with Crippen LogP contribution in [0, 0.1) is 5.82 Å². The molecule has 0 spiro atoms. The molecule has 0 fully saturated rings. The first-order valence-corrected chi connectivity index (χ1v) is 5.86. The summed E-state index contributed by atoms with van der Waals surface area (Å²) in [5.41, 5.74) is 1.68. The van der Waals surface area contributed by atoms with Crippen molar-refractivity contribution in [3.8, 4) is 11.4 Å². The molecular weight excluding hydrogens is 239 g/mol. The van der Waals surface area contributed by atoms with Crippen molar-refractivity contribution in [1.29, 1.82) is 0 Å². The second kappa shape index (κ2) is 5.23. The number of hydrogen-bond acceptors (Lipinski definition) is 2. The number of halogens is 2. The maximum absolute atomic E-state index is 12.8. The molecular formula is C13H12ClFN2. The van der Waals surface area contributed by atoms with E-state index in [-0.39, 0.29) is 5.82 Å². The van der Waals surface area contributed by atoms with Crippen LogP contribution in [0.15, 0.2) is 30.3 Å². The number of aromatic nitrogens is 2. The second-order valence-electron chi connectivity index (χ2n) is 3.76. The van der Waals surface area contributed by atoms with Gasteiger partial charge in [-0.05, 0) is 36.8 Å². The van der Waals surface area contributed by atoms with Gasteiger partial charge in [-0.1, -0.05) is 24.9 Å². The Balaban J connectivity index is 2.40. The van der Waals surface area contributed by atoms with Crippen LogP contribution in [0.5, 0.6) is 0 Å². The number of hydrogen-bond donors (Lipinski definition) is 0. The summed E-state index contributed by atoms with van der Waals surface area (Å²) in [5, 5.41) is 0.419. The Bertz CT molecular complexity index is 511. The molecule has 2 nitrogen and oxygen atoms in total. The van der Waals surface area contributed by atoms with E-state index in [0.29, 0.717) is 11.0 Å². The Labute approximate surface area is 104 Å². The van der Waals surface area contributed by atoms with Gasteiger partial charge in [-0.25, -0.2) is 14.4 Å². The lowest BCUT2D eigenvalue weighted by Gasteiger charge is -2.04. The Morgan fingerprint density at radius 2 is 1.88 bits per heavy atom. The highest BCUT2D eigenvalue weighted by molar-refractivity contribution is 6.29. The fourth-order valence-corrected chi connectivity index (χ4v) is 1.78. The van der Waals surface area contributed by atoms with Gasteiger partial charge in [0.05, 0.1) is 0 Å². The summed E-state index contributed by atoms with van der Waals surface area (Å²) in [6.07, 6.45) is 1.85. The quantitative estimate of drug-likeness (QED) is 0.773. The molecule has 0 saturated heterocycles. The summed E-state index contributed by atoms with van der Waals surface area (Å²) in [6.45, 7) is 2.08. The highest BCUT2D eigenvalue weighted by Gasteiger charge is 2.05. The zero-order valence-electron chi connectivity index (χ0n) is 9.45. The number of benzene rings is 1. The molecule has 88 valence electrons. The molecule has 0 aliphatic heterocycles. The van der Waals surface area contributed by atoms with E-state index in [1.807, 2.05) is 0 Å². The first kappa shape index (κ1) is 12.0. The van der Waals surface area contributed by atoms with Crippen LogP contribution in [-0.2, 0) is 6.42 Å². The number of nitrogens with zero attached hydrogens (tertiary/aromatic N) is 2. The first-order chi connectivity index (χ1) is 8.19. The highest BCUT2D eigenvalue weighted by atomic mass is 35.5. The van der Waals surface area contributed by atoms with Gasteiger partial charge in [0, 0.05) is 11.3 Å². The van der Waals surface area contributed by atoms with Gasteiger partial charge < -0.3 is 0 Å². The van der Waals surface area contributed by atoms with Crippen LogP contribution in [0.4, 0.5) is 4.39 Å². The lowest BCUT2D eigenvalue weighted by molar-refractivity contribution is 0.628. The molecule has 1 aromatic carbocycles. The van der Waals surface area contributed by atoms with Crippen molar-refractivity contribution < 1.29 is 4.39 Å². The van der Waals surface area contributed by atoms with E-state index in [1.165, 1.54) is 12.1 Å². The van der Waals surface area contributed by atoms with E-state index >= 15 is 0 Å². The Kier molecular flexibility index (Phi) is 3.69. The minimum Gasteiger partial charge on any atom is -0.233 e. The normalized spacial score (nSPS) is 10.5. The van der Waals surface area contributed by atoms with Crippen molar-refractivity contribution in [2.75, 3.05) is 0 Å². The molecule has 0 aliphatic carbocycles. The summed E-state index contributed by atoms with van der Waals surface area (Å²) >= 11 is 5.94. The topological polar surface area (TPSA) is 25.8 Å².